The molecule has 1 saturated carbocycles. The van der Waals surface area contributed by atoms with E-state index in [2.05, 4.69) is 11.7 Å². The van der Waals surface area contributed by atoms with Crippen molar-refractivity contribution in [1.29, 1.82) is 0 Å². The molecule has 4 unspecified atom stereocenters. The standard InChI is InChI=1S/C22H34O8/c1-7-8-11-21(2,3)16(23)10-9-14-12-15(19(26)29-5)18(25)22(14,20(27)30-6)13-17(24)28-4/h9-10,14-16,23H,7-8,11-13H2,1-6H3/b10-9+. The van der Waals surface area contributed by atoms with Crippen LogP contribution in [0.5, 0.6) is 0 Å². The molecule has 0 aliphatic heterocycles. The summed E-state index contributed by atoms with van der Waals surface area (Å²) >= 11 is 0. The molecule has 0 radical (unpaired) electrons. The minimum Gasteiger partial charge on any atom is -0.469 e. The van der Waals surface area contributed by atoms with Gasteiger partial charge in [0.05, 0.1) is 33.9 Å². The molecule has 0 aromatic heterocycles. The summed E-state index contributed by atoms with van der Waals surface area (Å²) in [5.74, 6) is -5.25. The number of ether oxygens (including phenoxy) is 3. The molecule has 0 aromatic rings. The van der Waals surface area contributed by atoms with Crippen molar-refractivity contribution >= 4 is 23.7 Å². The van der Waals surface area contributed by atoms with Crippen molar-refractivity contribution in [2.45, 2.75) is 59.0 Å². The molecule has 0 heterocycles. The van der Waals surface area contributed by atoms with Crippen LogP contribution in [0.3, 0.4) is 0 Å². The van der Waals surface area contributed by atoms with Gasteiger partial charge >= 0.3 is 17.9 Å². The smallest absolute Gasteiger partial charge is 0.320 e. The monoisotopic (exact) mass is 426 g/mol. The molecule has 4 atom stereocenters. The van der Waals surface area contributed by atoms with Gasteiger partial charge < -0.3 is 19.3 Å². The van der Waals surface area contributed by atoms with E-state index >= 15 is 0 Å². The highest BCUT2D eigenvalue weighted by Crippen LogP contribution is 2.49. The van der Waals surface area contributed by atoms with Gasteiger partial charge in [-0.2, -0.15) is 0 Å². The summed E-state index contributed by atoms with van der Waals surface area (Å²) < 4.78 is 14.3. The SMILES string of the molecule is CCCCC(C)(C)C(O)/C=C/C1CC(C(=O)OC)C(=O)C1(CC(=O)OC)C(=O)OC. The lowest BCUT2D eigenvalue weighted by molar-refractivity contribution is -0.166. The van der Waals surface area contributed by atoms with Crippen LogP contribution in [-0.4, -0.2) is 56.2 Å². The second-order valence-corrected chi connectivity index (χ2v) is 8.42. The van der Waals surface area contributed by atoms with E-state index in [1.807, 2.05) is 13.8 Å². The van der Waals surface area contributed by atoms with Crippen molar-refractivity contribution in [3.63, 3.8) is 0 Å². The van der Waals surface area contributed by atoms with Crippen LogP contribution < -0.4 is 0 Å². The quantitative estimate of drug-likeness (QED) is 0.245. The average Bonchev–Trinajstić information content (AvgIpc) is 3.01. The van der Waals surface area contributed by atoms with Gasteiger partial charge in [-0.15, -0.1) is 0 Å². The van der Waals surface area contributed by atoms with Crippen molar-refractivity contribution in [2.24, 2.45) is 22.7 Å². The third-order valence-electron chi connectivity index (χ3n) is 6.07. The predicted octanol–water partition coefficient (Wildman–Crippen LogP) is 2.22. The summed E-state index contributed by atoms with van der Waals surface area (Å²) in [6.45, 7) is 5.92. The number of hydrogen-bond acceptors (Lipinski definition) is 8. The number of carbonyl (C=O) groups excluding carboxylic acids is 4. The molecule has 0 bridgehead atoms. The first-order valence-electron chi connectivity index (χ1n) is 10.2. The van der Waals surface area contributed by atoms with Crippen LogP contribution in [0.4, 0.5) is 0 Å². The number of unbranched alkanes of at least 4 members (excludes halogenated alkanes) is 1. The highest BCUT2D eigenvalue weighted by atomic mass is 16.5. The number of methoxy groups -OCH3 is 3. The van der Waals surface area contributed by atoms with Crippen molar-refractivity contribution in [3.05, 3.63) is 12.2 Å². The highest BCUT2D eigenvalue weighted by Gasteiger charge is 2.62. The molecular weight excluding hydrogens is 392 g/mol. The van der Waals surface area contributed by atoms with E-state index in [1.165, 1.54) is 6.08 Å². The molecule has 0 aromatic carbocycles. The molecule has 1 aliphatic rings. The molecule has 1 fully saturated rings. The molecule has 8 nitrogen and oxygen atoms in total. The molecule has 170 valence electrons. The number of hydrogen-bond donors (Lipinski definition) is 1. The largest absolute Gasteiger partial charge is 0.469 e. The summed E-state index contributed by atoms with van der Waals surface area (Å²) in [5, 5.41) is 10.7. The fraction of sp³-hybridized carbons (Fsp3) is 0.727. The summed E-state index contributed by atoms with van der Waals surface area (Å²) in [6, 6.07) is 0. The first-order chi connectivity index (χ1) is 14.0. The van der Waals surface area contributed by atoms with Crippen LogP contribution in [-0.2, 0) is 33.4 Å². The summed E-state index contributed by atoms with van der Waals surface area (Å²) in [5.41, 5.74) is -2.34. The van der Waals surface area contributed by atoms with Gasteiger partial charge in [-0.25, -0.2) is 0 Å². The molecule has 1 aliphatic carbocycles. The number of carbonyl (C=O) groups is 4. The third kappa shape index (κ3) is 5.28. The Balaban J connectivity index is 3.37. The molecule has 0 spiro atoms. The van der Waals surface area contributed by atoms with E-state index < -0.39 is 58.9 Å². The van der Waals surface area contributed by atoms with Crippen molar-refractivity contribution in [1.82, 2.24) is 0 Å². The first kappa shape index (κ1) is 25.8. The Kier molecular flexibility index (Phi) is 9.21. The normalized spacial score (nSPS) is 25.2. The molecular formula is C22H34O8. The van der Waals surface area contributed by atoms with E-state index in [9.17, 15) is 24.3 Å². The Morgan fingerprint density at radius 2 is 1.83 bits per heavy atom. The predicted molar refractivity (Wildman–Crippen MR) is 108 cm³/mol. The van der Waals surface area contributed by atoms with Gasteiger partial charge in [0.1, 0.15) is 11.3 Å². The van der Waals surface area contributed by atoms with Crippen LogP contribution in [0, 0.1) is 22.7 Å². The van der Waals surface area contributed by atoms with Gasteiger partial charge in [0, 0.05) is 5.92 Å². The van der Waals surface area contributed by atoms with Gasteiger partial charge in [0.25, 0.3) is 0 Å². The zero-order valence-corrected chi connectivity index (χ0v) is 18.7. The zero-order valence-electron chi connectivity index (χ0n) is 18.7. The lowest BCUT2D eigenvalue weighted by Crippen LogP contribution is -2.45. The van der Waals surface area contributed by atoms with Crippen LogP contribution in [0.1, 0.15) is 52.9 Å². The Labute approximate surface area is 177 Å². The van der Waals surface area contributed by atoms with Crippen LogP contribution >= 0.6 is 0 Å². The van der Waals surface area contributed by atoms with Crippen molar-refractivity contribution in [3.8, 4) is 0 Å². The molecule has 30 heavy (non-hydrogen) atoms. The van der Waals surface area contributed by atoms with Crippen LogP contribution in [0.15, 0.2) is 12.2 Å². The first-order valence-corrected chi connectivity index (χ1v) is 10.2. The molecule has 0 amide bonds. The topological polar surface area (TPSA) is 116 Å². The number of aliphatic hydroxyl groups excluding tert-OH is 1. The second-order valence-electron chi connectivity index (χ2n) is 8.42. The second kappa shape index (κ2) is 10.7. The van der Waals surface area contributed by atoms with Gasteiger partial charge in [0.2, 0.25) is 0 Å². The number of rotatable bonds is 10. The van der Waals surface area contributed by atoms with E-state index in [4.69, 9.17) is 9.47 Å². The minimum atomic E-state index is -1.91. The molecule has 0 saturated heterocycles. The van der Waals surface area contributed by atoms with E-state index in [0.717, 1.165) is 40.6 Å². The Morgan fingerprint density at radius 1 is 1.20 bits per heavy atom. The van der Waals surface area contributed by atoms with Crippen LogP contribution in [0.25, 0.3) is 0 Å². The fourth-order valence-corrected chi connectivity index (χ4v) is 3.95. The fourth-order valence-electron chi connectivity index (χ4n) is 3.95. The Bertz CT molecular complexity index is 681. The number of allylic oxidation sites excluding steroid dienone is 1. The lowest BCUT2D eigenvalue weighted by Gasteiger charge is -2.31. The Morgan fingerprint density at radius 3 is 2.33 bits per heavy atom. The van der Waals surface area contributed by atoms with Gasteiger partial charge in [-0.1, -0.05) is 45.8 Å². The van der Waals surface area contributed by atoms with Crippen molar-refractivity contribution < 1.29 is 38.5 Å². The third-order valence-corrected chi connectivity index (χ3v) is 6.07. The zero-order chi connectivity index (χ0) is 23.1. The highest BCUT2D eigenvalue weighted by molar-refractivity contribution is 6.15. The van der Waals surface area contributed by atoms with Gasteiger partial charge in [-0.05, 0) is 18.3 Å². The average molecular weight is 427 g/mol. The maximum atomic E-state index is 13.2. The number of Topliss-reactive ketones (excluding diaryl/α,β-unsaturated/α-hetero) is 1. The minimum absolute atomic E-state index is 0.0315. The van der Waals surface area contributed by atoms with E-state index in [0.29, 0.717) is 0 Å². The van der Waals surface area contributed by atoms with E-state index in [-0.39, 0.29) is 6.42 Å². The maximum absolute atomic E-state index is 13.2. The number of ketones is 1. The van der Waals surface area contributed by atoms with Crippen molar-refractivity contribution in [2.75, 3.05) is 21.3 Å². The Hall–Kier alpha value is -2.22. The number of esters is 3. The summed E-state index contributed by atoms with van der Waals surface area (Å²) in [4.78, 5) is 50.1. The summed E-state index contributed by atoms with van der Waals surface area (Å²) in [6.07, 6.45) is 4.35. The summed E-state index contributed by atoms with van der Waals surface area (Å²) in [7, 11) is 3.41. The maximum Gasteiger partial charge on any atom is 0.320 e. The molecule has 8 heteroatoms. The molecule has 1 rings (SSSR count). The van der Waals surface area contributed by atoms with E-state index in [1.54, 1.807) is 6.08 Å². The lowest BCUT2D eigenvalue weighted by atomic mass is 9.73. The van der Waals surface area contributed by atoms with Gasteiger partial charge in [-0.3, -0.25) is 19.2 Å². The van der Waals surface area contributed by atoms with Gasteiger partial charge in [0.15, 0.2) is 5.78 Å². The van der Waals surface area contributed by atoms with Crippen LogP contribution in [0.2, 0.25) is 0 Å². The molecule has 1 N–H and O–H groups in total. The number of aliphatic hydroxyl groups is 1.